The van der Waals surface area contributed by atoms with Crippen molar-refractivity contribution in [2.45, 2.75) is 4.90 Å². The molecule has 90 valence electrons. The van der Waals surface area contributed by atoms with E-state index in [0.29, 0.717) is 0 Å². The van der Waals surface area contributed by atoms with Crippen molar-refractivity contribution in [2.24, 2.45) is 0 Å². The van der Waals surface area contributed by atoms with Gasteiger partial charge in [0.15, 0.2) is 0 Å². The summed E-state index contributed by atoms with van der Waals surface area (Å²) in [4.78, 5) is -0.313. The molecule has 0 aliphatic carbocycles. The third kappa shape index (κ3) is 2.36. The van der Waals surface area contributed by atoms with Gasteiger partial charge < -0.3 is 5.73 Å². The highest BCUT2D eigenvalue weighted by Crippen LogP contribution is 2.21. The van der Waals surface area contributed by atoms with Gasteiger partial charge in [0.25, 0.3) is 10.0 Å². The lowest BCUT2D eigenvalue weighted by Gasteiger charge is -2.08. The normalized spacial score (nSPS) is 11.4. The van der Waals surface area contributed by atoms with Crippen molar-refractivity contribution in [3.63, 3.8) is 0 Å². The molecule has 8 heteroatoms. The zero-order valence-corrected chi connectivity index (χ0v) is 9.33. The van der Waals surface area contributed by atoms with Crippen LogP contribution in [0.3, 0.4) is 0 Å². The highest BCUT2D eigenvalue weighted by molar-refractivity contribution is 7.92. The number of aromatic amines is 1. The molecule has 0 saturated heterocycles. The number of halogens is 1. The van der Waals surface area contributed by atoms with E-state index in [9.17, 15) is 12.8 Å². The molecule has 0 amide bonds. The number of anilines is 2. The molecular formula is C9H9FN4O2S. The molecule has 2 rings (SSSR count). The molecule has 17 heavy (non-hydrogen) atoms. The zero-order chi connectivity index (χ0) is 12.5. The number of benzene rings is 1. The van der Waals surface area contributed by atoms with E-state index in [1.54, 1.807) is 0 Å². The number of sulfonamides is 1. The lowest BCUT2D eigenvalue weighted by atomic mass is 10.3. The monoisotopic (exact) mass is 256 g/mol. The van der Waals surface area contributed by atoms with Crippen molar-refractivity contribution in [2.75, 3.05) is 10.5 Å². The third-order valence-corrected chi connectivity index (χ3v) is 3.43. The summed E-state index contributed by atoms with van der Waals surface area (Å²) < 4.78 is 38.9. The molecule has 0 radical (unpaired) electrons. The fourth-order valence-corrected chi connectivity index (χ4v) is 2.41. The summed E-state index contributed by atoms with van der Waals surface area (Å²) in [6.07, 6.45) is 1.38. The molecule has 0 unspecified atom stereocenters. The standard InChI is InChI=1S/C9H9FN4O2S/c10-6-1-2-7(11)8(5-6)17(15,16)14-9-3-4-12-13-9/h1-5H,11H2,(H2,12,13,14). The molecule has 1 heterocycles. The van der Waals surface area contributed by atoms with Gasteiger partial charge in [0, 0.05) is 6.07 Å². The second-order valence-electron chi connectivity index (χ2n) is 3.26. The van der Waals surface area contributed by atoms with Crippen LogP contribution in [0.15, 0.2) is 35.4 Å². The number of aromatic nitrogens is 2. The van der Waals surface area contributed by atoms with Crippen LogP contribution in [0.4, 0.5) is 15.9 Å². The van der Waals surface area contributed by atoms with Crippen LogP contribution in [-0.4, -0.2) is 18.6 Å². The molecule has 0 atom stereocenters. The van der Waals surface area contributed by atoms with E-state index in [1.165, 1.54) is 18.3 Å². The van der Waals surface area contributed by atoms with Crippen molar-refractivity contribution < 1.29 is 12.8 Å². The second kappa shape index (κ2) is 4.06. The van der Waals surface area contributed by atoms with E-state index in [4.69, 9.17) is 5.73 Å². The average molecular weight is 256 g/mol. The Morgan fingerprint density at radius 1 is 1.35 bits per heavy atom. The number of rotatable bonds is 3. The number of H-pyrrole nitrogens is 1. The van der Waals surface area contributed by atoms with Crippen LogP contribution in [0.5, 0.6) is 0 Å². The lowest BCUT2D eigenvalue weighted by Crippen LogP contribution is -2.15. The Balaban J connectivity index is 2.41. The highest BCUT2D eigenvalue weighted by atomic mass is 32.2. The molecule has 0 fully saturated rings. The van der Waals surface area contributed by atoms with Crippen molar-refractivity contribution in [3.05, 3.63) is 36.3 Å². The first-order valence-electron chi connectivity index (χ1n) is 4.56. The third-order valence-electron chi connectivity index (χ3n) is 2.01. The SMILES string of the molecule is Nc1ccc(F)cc1S(=O)(=O)Nc1ccn[nH]1. The predicted molar refractivity (Wildman–Crippen MR) is 60.2 cm³/mol. The minimum absolute atomic E-state index is 0.0292. The molecule has 0 aliphatic heterocycles. The second-order valence-corrected chi connectivity index (χ2v) is 4.91. The quantitative estimate of drug-likeness (QED) is 0.711. The van der Waals surface area contributed by atoms with Crippen LogP contribution in [0.2, 0.25) is 0 Å². The molecule has 0 aliphatic rings. The Bertz CT molecular complexity index is 624. The lowest BCUT2D eigenvalue weighted by molar-refractivity contribution is 0.595. The van der Waals surface area contributed by atoms with Gasteiger partial charge in [-0.25, -0.2) is 12.8 Å². The molecule has 0 saturated carbocycles. The fourth-order valence-electron chi connectivity index (χ4n) is 1.25. The Labute approximate surface area is 96.7 Å². The molecular weight excluding hydrogens is 247 g/mol. The maximum atomic E-state index is 13.0. The minimum Gasteiger partial charge on any atom is -0.398 e. The topological polar surface area (TPSA) is 101 Å². The number of hydrogen-bond donors (Lipinski definition) is 3. The first-order valence-corrected chi connectivity index (χ1v) is 6.04. The molecule has 1 aromatic carbocycles. The van der Waals surface area contributed by atoms with Gasteiger partial charge in [-0.15, -0.1) is 0 Å². The Hall–Kier alpha value is -2.09. The van der Waals surface area contributed by atoms with Crippen LogP contribution in [0.1, 0.15) is 0 Å². The van der Waals surface area contributed by atoms with E-state index < -0.39 is 15.8 Å². The van der Waals surface area contributed by atoms with Crippen LogP contribution >= 0.6 is 0 Å². The molecule has 0 spiro atoms. The summed E-state index contributed by atoms with van der Waals surface area (Å²) in [5, 5.41) is 6.00. The smallest absolute Gasteiger partial charge is 0.265 e. The fraction of sp³-hybridized carbons (Fsp3) is 0. The summed E-state index contributed by atoms with van der Waals surface area (Å²) in [5.74, 6) is -0.502. The summed E-state index contributed by atoms with van der Waals surface area (Å²) in [6.45, 7) is 0. The Morgan fingerprint density at radius 3 is 2.76 bits per heavy atom. The number of nitrogen functional groups attached to an aromatic ring is 1. The summed E-state index contributed by atoms with van der Waals surface area (Å²) >= 11 is 0. The first kappa shape index (κ1) is 11.4. The van der Waals surface area contributed by atoms with E-state index in [1.807, 2.05) is 0 Å². The van der Waals surface area contributed by atoms with Crippen molar-refractivity contribution >= 4 is 21.5 Å². The summed E-state index contributed by atoms with van der Waals surface area (Å²) in [5.41, 5.74) is 5.46. The van der Waals surface area contributed by atoms with Crippen molar-refractivity contribution in [3.8, 4) is 0 Å². The first-order chi connectivity index (χ1) is 7.99. The van der Waals surface area contributed by atoms with Crippen LogP contribution in [-0.2, 0) is 10.0 Å². The van der Waals surface area contributed by atoms with Gasteiger partial charge in [0.05, 0.1) is 11.9 Å². The highest BCUT2D eigenvalue weighted by Gasteiger charge is 2.18. The molecule has 6 nitrogen and oxygen atoms in total. The molecule has 0 bridgehead atoms. The number of nitrogens with one attached hydrogen (secondary N) is 2. The van der Waals surface area contributed by atoms with Gasteiger partial charge in [-0.2, -0.15) is 5.10 Å². The van der Waals surface area contributed by atoms with E-state index in [-0.39, 0.29) is 16.4 Å². The van der Waals surface area contributed by atoms with Gasteiger partial charge >= 0.3 is 0 Å². The van der Waals surface area contributed by atoms with Crippen LogP contribution < -0.4 is 10.5 Å². The Morgan fingerprint density at radius 2 is 2.12 bits per heavy atom. The van der Waals surface area contributed by atoms with Crippen molar-refractivity contribution in [1.29, 1.82) is 0 Å². The van der Waals surface area contributed by atoms with Gasteiger partial charge in [-0.05, 0) is 18.2 Å². The minimum atomic E-state index is -3.92. The maximum Gasteiger partial charge on any atom is 0.265 e. The van der Waals surface area contributed by atoms with Crippen LogP contribution in [0, 0.1) is 5.82 Å². The Kier molecular flexibility index (Phi) is 2.72. The largest absolute Gasteiger partial charge is 0.398 e. The number of nitrogens with zero attached hydrogens (tertiary/aromatic N) is 1. The average Bonchev–Trinajstić information content (AvgIpc) is 2.73. The molecule has 1 aromatic heterocycles. The van der Waals surface area contributed by atoms with Crippen molar-refractivity contribution in [1.82, 2.24) is 10.2 Å². The van der Waals surface area contributed by atoms with Gasteiger partial charge in [-0.1, -0.05) is 0 Å². The molecule has 4 N–H and O–H groups in total. The number of hydrogen-bond acceptors (Lipinski definition) is 4. The van der Waals surface area contributed by atoms with E-state index >= 15 is 0 Å². The van der Waals surface area contributed by atoms with Gasteiger partial charge in [-0.3, -0.25) is 9.82 Å². The summed E-state index contributed by atoms with van der Waals surface area (Å²) in [7, 11) is -3.92. The van der Waals surface area contributed by atoms with E-state index in [2.05, 4.69) is 14.9 Å². The maximum absolute atomic E-state index is 13.0. The summed E-state index contributed by atoms with van der Waals surface area (Å²) in [6, 6.07) is 4.56. The predicted octanol–water partition coefficient (Wildman–Crippen LogP) is 0.932. The van der Waals surface area contributed by atoms with Gasteiger partial charge in [0.2, 0.25) is 0 Å². The van der Waals surface area contributed by atoms with Crippen LogP contribution in [0.25, 0.3) is 0 Å². The zero-order valence-electron chi connectivity index (χ0n) is 8.51. The molecule has 2 aromatic rings. The van der Waals surface area contributed by atoms with E-state index in [0.717, 1.165) is 12.1 Å². The number of nitrogens with two attached hydrogens (primary N) is 1. The van der Waals surface area contributed by atoms with Gasteiger partial charge in [0.1, 0.15) is 16.5 Å².